The van der Waals surface area contributed by atoms with Crippen molar-refractivity contribution in [2.24, 2.45) is 0 Å². The molecule has 22 heavy (non-hydrogen) atoms. The Balaban J connectivity index is 1.65. The molecule has 0 saturated carbocycles. The topological polar surface area (TPSA) is 61.4 Å². The van der Waals surface area contributed by atoms with Crippen molar-refractivity contribution in [1.82, 2.24) is 20.2 Å². The summed E-state index contributed by atoms with van der Waals surface area (Å²) in [5.41, 5.74) is -0.932. The van der Waals surface area contributed by atoms with Gasteiger partial charge in [-0.05, 0) is 18.9 Å². The number of hydrogen-bond donors (Lipinski definition) is 1. The van der Waals surface area contributed by atoms with Crippen molar-refractivity contribution >= 4 is 12.0 Å². The van der Waals surface area contributed by atoms with Crippen LogP contribution in [0.4, 0.5) is 23.9 Å². The Morgan fingerprint density at radius 2 is 1.95 bits per heavy atom. The molecule has 1 aromatic rings. The Bertz CT molecular complexity index is 557. The van der Waals surface area contributed by atoms with Gasteiger partial charge in [0.15, 0.2) is 0 Å². The monoisotopic (exact) mass is 315 g/mol. The van der Waals surface area contributed by atoms with Crippen molar-refractivity contribution in [3.05, 3.63) is 18.0 Å². The first-order valence-electron chi connectivity index (χ1n) is 7.15. The fourth-order valence-corrected chi connectivity index (χ4v) is 2.87. The average Bonchev–Trinajstić information content (AvgIpc) is 2.93. The van der Waals surface area contributed by atoms with E-state index in [1.54, 1.807) is 9.80 Å². The van der Waals surface area contributed by atoms with Gasteiger partial charge in [0.1, 0.15) is 5.69 Å². The van der Waals surface area contributed by atoms with Gasteiger partial charge in [-0.2, -0.15) is 13.2 Å². The zero-order valence-electron chi connectivity index (χ0n) is 11.8. The lowest BCUT2D eigenvalue weighted by atomic mass is 10.0. The Morgan fingerprint density at radius 3 is 2.55 bits per heavy atom. The SMILES string of the molecule is O=C1NCCN1C1CCN(c2nccc(C(F)(F)F)n2)CC1. The number of anilines is 1. The lowest BCUT2D eigenvalue weighted by Gasteiger charge is -2.36. The van der Waals surface area contributed by atoms with Crippen molar-refractivity contribution in [1.29, 1.82) is 0 Å². The minimum absolute atomic E-state index is 0.0613. The maximum atomic E-state index is 12.7. The molecule has 2 aliphatic heterocycles. The van der Waals surface area contributed by atoms with E-state index in [1.807, 2.05) is 0 Å². The van der Waals surface area contributed by atoms with Crippen LogP contribution in [0, 0.1) is 0 Å². The van der Waals surface area contributed by atoms with Crippen LogP contribution >= 0.6 is 0 Å². The van der Waals surface area contributed by atoms with E-state index in [9.17, 15) is 18.0 Å². The second-order valence-electron chi connectivity index (χ2n) is 5.38. The van der Waals surface area contributed by atoms with Gasteiger partial charge in [-0.15, -0.1) is 0 Å². The molecule has 0 atom stereocenters. The largest absolute Gasteiger partial charge is 0.433 e. The third kappa shape index (κ3) is 2.93. The zero-order valence-corrected chi connectivity index (χ0v) is 11.8. The number of urea groups is 1. The summed E-state index contributed by atoms with van der Waals surface area (Å²) in [6.07, 6.45) is -1.94. The van der Waals surface area contributed by atoms with Crippen LogP contribution in [0.25, 0.3) is 0 Å². The van der Waals surface area contributed by atoms with Crippen LogP contribution in [0.5, 0.6) is 0 Å². The summed E-state index contributed by atoms with van der Waals surface area (Å²) in [6, 6.07) is 0.934. The molecule has 120 valence electrons. The number of rotatable bonds is 2. The Kier molecular flexibility index (Phi) is 3.79. The summed E-state index contributed by atoms with van der Waals surface area (Å²) in [7, 11) is 0. The van der Waals surface area contributed by atoms with E-state index in [2.05, 4.69) is 15.3 Å². The number of halogens is 3. The van der Waals surface area contributed by atoms with Crippen LogP contribution < -0.4 is 10.2 Å². The average molecular weight is 315 g/mol. The summed E-state index contributed by atoms with van der Waals surface area (Å²) in [4.78, 5) is 22.7. The number of amides is 2. The van der Waals surface area contributed by atoms with Gasteiger partial charge in [-0.3, -0.25) is 0 Å². The van der Waals surface area contributed by atoms with E-state index < -0.39 is 11.9 Å². The van der Waals surface area contributed by atoms with Crippen LogP contribution in [0.3, 0.4) is 0 Å². The number of alkyl halides is 3. The van der Waals surface area contributed by atoms with Gasteiger partial charge in [0.2, 0.25) is 5.95 Å². The molecule has 2 aliphatic rings. The number of nitrogens with zero attached hydrogens (tertiary/aromatic N) is 4. The Hall–Kier alpha value is -2.06. The first kappa shape index (κ1) is 14.9. The molecule has 0 unspecified atom stereocenters. The molecule has 0 aromatic carbocycles. The summed E-state index contributed by atoms with van der Waals surface area (Å²) < 4.78 is 38.1. The van der Waals surface area contributed by atoms with Crippen LogP contribution in [0.2, 0.25) is 0 Å². The van der Waals surface area contributed by atoms with Crippen LogP contribution in [-0.4, -0.2) is 53.1 Å². The van der Waals surface area contributed by atoms with Gasteiger partial charge in [-0.1, -0.05) is 0 Å². The number of hydrogen-bond acceptors (Lipinski definition) is 4. The van der Waals surface area contributed by atoms with Gasteiger partial charge in [0.25, 0.3) is 0 Å². The lowest BCUT2D eigenvalue weighted by Crippen LogP contribution is -2.46. The maximum absolute atomic E-state index is 12.7. The summed E-state index contributed by atoms with van der Waals surface area (Å²) in [5.74, 6) is 0.0964. The predicted octanol–water partition coefficient (Wildman–Crippen LogP) is 1.49. The number of nitrogens with one attached hydrogen (secondary N) is 1. The molecule has 2 amide bonds. The van der Waals surface area contributed by atoms with Crippen LogP contribution in [-0.2, 0) is 6.18 Å². The van der Waals surface area contributed by atoms with E-state index in [-0.39, 0.29) is 18.0 Å². The van der Waals surface area contributed by atoms with E-state index in [0.717, 1.165) is 12.3 Å². The fraction of sp³-hybridized carbons (Fsp3) is 0.615. The Labute approximate surface area is 125 Å². The smallest absolute Gasteiger partial charge is 0.341 e. The van der Waals surface area contributed by atoms with E-state index in [4.69, 9.17) is 0 Å². The minimum atomic E-state index is -4.47. The molecule has 0 spiro atoms. The molecule has 9 heteroatoms. The molecule has 0 radical (unpaired) electrons. The Morgan fingerprint density at radius 1 is 1.23 bits per heavy atom. The molecular weight excluding hydrogens is 299 g/mol. The molecule has 6 nitrogen and oxygen atoms in total. The van der Waals surface area contributed by atoms with E-state index >= 15 is 0 Å². The number of piperidine rings is 1. The second kappa shape index (κ2) is 5.62. The van der Waals surface area contributed by atoms with Crippen molar-refractivity contribution in [3.8, 4) is 0 Å². The molecule has 2 saturated heterocycles. The molecule has 0 aliphatic carbocycles. The highest BCUT2D eigenvalue weighted by atomic mass is 19.4. The first-order chi connectivity index (χ1) is 10.4. The molecule has 1 aromatic heterocycles. The summed E-state index contributed by atoms with van der Waals surface area (Å²) >= 11 is 0. The van der Waals surface area contributed by atoms with Crippen molar-refractivity contribution < 1.29 is 18.0 Å². The molecule has 1 N–H and O–H groups in total. The van der Waals surface area contributed by atoms with E-state index in [1.165, 1.54) is 0 Å². The first-order valence-corrected chi connectivity index (χ1v) is 7.15. The van der Waals surface area contributed by atoms with Gasteiger partial charge >= 0.3 is 12.2 Å². The maximum Gasteiger partial charge on any atom is 0.433 e. The quantitative estimate of drug-likeness (QED) is 0.898. The highest BCUT2D eigenvalue weighted by Crippen LogP contribution is 2.29. The third-order valence-corrected chi connectivity index (χ3v) is 4.01. The zero-order chi connectivity index (χ0) is 15.7. The highest BCUT2D eigenvalue weighted by molar-refractivity contribution is 5.76. The lowest BCUT2D eigenvalue weighted by molar-refractivity contribution is -0.141. The molecular formula is C13H16F3N5O. The van der Waals surface area contributed by atoms with Gasteiger partial charge in [0, 0.05) is 38.4 Å². The van der Waals surface area contributed by atoms with Crippen molar-refractivity contribution in [3.63, 3.8) is 0 Å². The molecule has 3 rings (SSSR count). The second-order valence-corrected chi connectivity index (χ2v) is 5.38. The predicted molar refractivity (Wildman–Crippen MR) is 72.4 cm³/mol. The van der Waals surface area contributed by atoms with Gasteiger partial charge in [0.05, 0.1) is 0 Å². The standard InChI is InChI=1S/C13H16F3N5O/c14-13(15,16)10-1-4-17-11(19-10)20-6-2-9(3-7-20)21-8-5-18-12(21)22/h1,4,9H,2-3,5-8H2,(H,18,22). The number of carbonyl (C=O) groups excluding carboxylic acids is 1. The normalized spacial score (nSPS) is 20.4. The molecule has 0 bridgehead atoms. The van der Waals surface area contributed by atoms with Crippen molar-refractivity contribution in [2.45, 2.75) is 25.1 Å². The number of aromatic nitrogens is 2. The molecule has 2 fully saturated rings. The van der Waals surface area contributed by atoms with Crippen molar-refractivity contribution in [2.75, 3.05) is 31.1 Å². The highest BCUT2D eigenvalue weighted by Gasteiger charge is 2.34. The van der Waals surface area contributed by atoms with Crippen LogP contribution in [0.1, 0.15) is 18.5 Å². The number of carbonyl (C=O) groups is 1. The summed E-state index contributed by atoms with van der Waals surface area (Å²) in [5, 5.41) is 2.76. The summed E-state index contributed by atoms with van der Waals surface area (Å²) in [6.45, 7) is 2.41. The minimum Gasteiger partial charge on any atom is -0.341 e. The van der Waals surface area contributed by atoms with Crippen LogP contribution in [0.15, 0.2) is 12.3 Å². The third-order valence-electron chi connectivity index (χ3n) is 4.01. The molecule has 3 heterocycles. The van der Waals surface area contributed by atoms with E-state index in [0.29, 0.717) is 39.0 Å². The fourth-order valence-electron chi connectivity index (χ4n) is 2.87. The van der Waals surface area contributed by atoms with Gasteiger partial charge < -0.3 is 15.1 Å². The van der Waals surface area contributed by atoms with Gasteiger partial charge in [-0.25, -0.2) is 14.8 Å².